The number of aromatic amines is 1. The van der Waals surface area contributed by atoms with Crippen molar-refractivity contribution in [3.8, 4) is 5.75 Å². The van der Waals surface area contributed by atoms with Crippen LogP contribution in [0.4, 0.5) is 0 Å². The predicted molar refractivity (Wildman–Crippen MR) is 297 cm³/mol. The number of para-hydroxylation sites is 1. The first kappa shape index (κ1) is 58.9. The summed E-state index contributed by atoms with van der Waals surface area (Å²) in [6.45, 7) is 3.64. The fourth-order valence-electron chi connectivity index (χ4n) is 8.65. The van der Waals surface area contributed by atoms with Gasteiger partial charge in [0.2, 0.25) is 47.3 Å². The van der Waals surface area contributed by atoms with E-state index < -0.39 is 102 Å². The summed E-state index contributed by atoms with van der Waals surface area (Å²) < 4.78 is 0. The Morgan fingerprint density at radius 2 is 1.18 bits per heavy atom. The second kappa shape index (κ2) is 29.2. The van der Waals surface area contributed by atoms with E-state index in [1.54, 1.807) is 62.5 Å². The molecule has 0 aliphatic carbocycles. The molecule has 0 unspecified atom stereocenters. The van der Waals surface area contributed by atoms with Crippen LogP contribution >= 0.6 is 21.6 Å². The molecular formula is C55H69N11O9S2. The summed E-state index contributed by atoms with van der Waals surface area (Å²) in [5.41, 5.74) is 21.4. The van der Waals surface area contributed by atoms with Crippen LogP contribution in [-0.4, -0.2) is 124 Å². The monoisotopic (exact) mass is 1090 g/mol. The number of nitrogens with two attached hydrogens (primary N) is 3. The zero-order chi connectivity index (χ0) is 55.4. The number of rotatable bonds is 18. The fraction of sp³-hybridized carbons (Fsp3) is 0.382. The number of hydrogen-bond acceptors (Lipinski definition) is 13. The summed E-state index contributed by atoms with van der Waals surface area (Å²) in [6, 6.07) is 21.0. The van der Waals surface area contributed by atoms with Gasteiger partial charge in [-0.25, -0.2) is 0 Å². The number of aromatic nitrogens is 1. The zero-order valence-electron chi connectivity index (χ0n) is 43.0. The van der Waals surface area contributed by atoms with Crippen LogP contribution in [-0.2, 0) is 64.0 Å². The van der Waals surface area contributed by atoms with E-state index >= 15 is 0 Å². The molecule has 4 aromatic carbocycles. The van der Waals surface area contributed by atoms with Gasteiger partial charge in [0.1, 0.15) is 48.0 Å². The van der Waals surface area contributed by atoms with Crippen molar-refractivity contribution in [3.05, 3.63) is 138 Å². The summed E-state index contributed by atoms with van der Waals surface area (Å²) >= 11 is 0. The minimum Gasteiger partial charge on any atom is -0.508 e. The molecule has 1 aliphatic heterocycles. The number of amides is 8. The summed E-state index contributed by atoms with van der Waals surface area (Å²) in [7, 11) is 2.13. The number of carbonyl (C=O) groups excluding carboxylic acids is 8. The van der Waals surface area contributed by atoms with Crippen molar-refractivity contribution in [2.45, 2.75) is 107 Å². The summed E-state index contributed by atoms with van der Waals surface area (Å²) in [4.78, 5) is 117. The first-order valence-corrected chi connectivity index (χ1v) is 28.0. The van der Waals surface area contributed by atoms with E-state index in [4.69, 9.17) is 17.2 Å². The predicted octanol–water partition coefficient (Wildman–Crippen LogP) is 1.53. The maximum atomic E-state index is 14.9. The van der Waals surface area contributed by atoms with Crippen molar-refractivity contribution in [2.24, 2.45) is 23.1 Å². The number of carbonyl (C=O) groups is 8. The lowest BCUT2D eigenvalue weighted by Gasteiger charge is -2.29. The number of nitrogens with one attached hydrogen (secondary N) is 8. The second-order valence-electron chi connectivity index (χ2n) is 19.3. The highest BCUT2D eigenvalue weighted by atomic mass is 33.1. The molecule has 5 aromatic rings. The molecule has 2 heterocycles. The SMILES string of the molecule is CC(C)[C@H](NC(=O)[C@@H]1CSSC[C@H](NC(=O)[C@@H](N)Cc2ccccc2)C(=O)N[C@@H](Cc2ccccc2)C(=O)N[C@@H](Cc2c[nH]c3ccccc23)C(=O)N[C@@H](CCCCN)C(=O)N[C@@H](Cc2ccc(O)cc2)C(=O)N1)C(N)=O. The number of unbranched alkanes of at least 4 members (excludes halogenated alkanes) is 1. The summed E-state index contributed by atoms with van der Waals surface area (Å²) in [5, 5.41) is 30.4. The molecule has 0 spiro atoms. The Balaban J connectivity index is 1.42. The molecule has 15 N–H and O–H groups in total. The van der Waals surface area contributed by atoms with Crippen molar-refractivity contribution in [2.75, 3.05) is 18.1 Å². The van der Waals surface area contributed by atoms with E-state index in [2.05, 4.69) is 42.2 Å². The quantitative estimate of drug-likeness (QED) is 0.0438. The molecule has 0 bridgehead atoms. The van der Waals surface area contributed by atoms with Crippen LogP contribution in [0.3, 0.4) is 0 Å². The third kappa shape index (κ3) is 17.8. The molecule has 1 aliphatic rings. The number of H-pyrrole nitrogens is 1. The molecule has 0 radical (unpaired) electrons. The number of phenolic OH excluding ortho intramolecular Hbond substituents is 1. The number of hydrogen-bond donors (Lipinski definition) is 12. The molecule has 1 saturated heterocycles. The summed E-state index contributed by atoms with van der Waals surface area (Å²) in [5.74, 6) is -6.90. The molecule has 20 nitrogen and oxygen atoms in total. The Morgan fingerprint density at radius 1 is 0.649 bits per heavy atom. The lowest BCUT2D eigenvalue weighted by Crippen LogP contribution is -2.61. The Morgan fingerprint density at radius 3 is 1.81 bits per heavy atom. The van der Waals surface area contributed by atoms with E-state index in [9.17, 15) is 43.5 Å². The maximum Gasteiger partial charge on any atom is 0.244 e. The van der Waals surface area contributed by atoms with Crippen LogP contribution < -0.4 is 54.4 Å². The number of phenols is 1. The van der Waals surface area contributed by atoms with Crippen LogP contribution in [0.5, 0.6) is 5.75 Å². The number of aromatic hydroxyl groups is 1. The van der Waals surface area contributed by atoms with E-state index in [0.717, 1.165) is 38.1 Å². The van der Waals surface area contributed by atoms with E-state index in [1.807, 2.05) is 54.6 Å². The van der Waals surface area contributed by atoms with Gasteiger partial charge in [-0.2, -0.15) is 0 Å². The largest absolute Gasteiger partial charge is 0.508 e. The number of primary amides is 1. The second-order valence-corrected chi connectivity index (χ2v) is 21.8. The Kier molecular flexibility index (Phi) is 22.3. The van der Waals surface area contributed by atoms with Gasteiger partial charge in [0.05, 0.1) is 6.04 Å². The van der Waals surface area contributed by atoms with Gasteiger partial charge in [0.25, 0.3) is 0 Å². The lowest BCUT2D eigenvalue weighted by atomic mass is 10.0. The van der Waals surface area contributed by atoms with Gasteiger partial charge >= 0.3 is 0 Å². The van der Waals surface area contributed by atoms with Gasteiger partial charge < -0.3 is 64.5 Å². The average Bonchev–Trinajstić information content (AvgIpc) is 3.83. The molecule has 77 heavy (non-hydrogen) atoms. The topological polar surface area (TPSA) is 335 Å². The van der Waals surface area contributed by atoms with E-state index in [0.29, 0.717) is 29.5 Å². The van der Waals surface area contributed by atoms with Crippen LogP contribution in [0.15, 0.2) is 115 Å². The van der Waals surface area contributed by atoms with Crippen molar-refractivity contribution in [1.29, 1.82) is 0 Å². The van der Waals surface area contributed by atoms with Crippen molar-refractivity contribution in [1.82, 2.24) is 42.2 Å². The van der Waals surface area contributed by atoms with Gasteiger partial charge in [-0.3, -0.25) is 38.4 Å². The molecule has 8 atom stereocenters. The van der Waals surface area contributed by atoms with Crippen LogP contribution in [0.25, 0.3) is 10.9 Å². The van der Waals surface area contributed by atoms with E-state index in [1.165, 1.54) is 12.1 Å². The van der Waals surface area contributed by atoms with E-state index in [-0.39, 0.29) is 55.9 Å². The van der Waals surface area contributed by atoms with Crippen molar-refractivity contribution >= 4 is 79.7 Å². The molecule has 0 saturated carbocycles. The molecule has 410 valence electrons. The molecular weight excluding hydrogens is 1020 g/mol. The maximum absolute atomic E-state index is 14.9. The fourth-order valence-corrected chi connectivity index (χ4v) is 11.0. The highest BCUT2D eigenvalue weighted by Crippen LogP contribution is 2.25. The zero-order valence-corrected chi connectivity index (χ0v) is 44.6. The standard InChI is InChI=1S/C55H69N11O9S2/c1-32(2)47(48(58)68)66-55(75)46-31-77-76-30-45(64-49(69)39(57)25-33-13-5-3-6-14-33)54(74)62-42(26-34-15-7-4-8-16-34)51(71)63-44(28-36-29-59-40-18-10-9-17-38(36)40)53(73)60-41(19-11-12-24-56)50(70)61-43(52(72)65-46)27-35-20-22-37(67)23-21-35/h3-10,13-18,20-23,29,32,39,41-47,59,67H,11-12,19,24-28,30-31,56-57H2,1-2H3,(H2,58,68)(H,60,73)(H,61,70)(H,62,74)(H,63,71)(H,64,69)(H,65,72)(H,66,75)/t39-,41-,42-,43-,44-,45-,46-,47-/m0/s1. The van der Waals surface area contributed by atoms with Gasteiger partial charge in [-0.05, 0) is 78.6 Å². The third-order valence-electron chi connectivity index (χ3n) is 13.0. The van der Waals surface area contributed by atoms with Gasteiger partial charge in [-0.15, -0.1) is 0 Å². The first-order chi connectivity index (χ1) is 37.0. The highest BCUT2D eigenvalue weighted by molar-refractivity contribution is 8.76. The van der Waals surface area contributed by atoms with Crippen molar-refractivity contribution < 1.29 is 43.5 Å². The molecule has 22 heteroatoms. The lowest BCUT2D eigenvalue weighted by molar-refractivity contribution is -0.135. The summed E-state index contributed by atoms with van der Waals surface area (Å²) in [6.07, 6.45) is 2.52. The van der Waals surface area contributed by atoms with Gasteiger partial charge in [0.15, 0.2) is 0 Å². The normalized spacial score (nSPS) is 21.1. The molecule has 1 aromatic heterocycles. The minimum atomic E-state index is -1.39. The van der Waals surface area contributed by atoms with Gasteiger partial charge in [0, 0.05) is 47.9 Å². The minimum absolute atomic E-state index is 0.0401. The highest BCUT2D eigenvalue weighted by Gasteiger charge is 2.36. The average molecular weight is 1090 g/mol. The Labute approximate surface area is 455 Å². The van der Waals surface area contributed by atoms with Gasteiger partial charge in [-0.1, -0.05) is 126 Å². The number of benzene rings is 4. The Bertz CT molecular complexity index is 2800. The van der Waals surface area contributed by atoms with Crippen LogP contribution in [0.1, 0.15) is 55.4 Å². The smallest absolute Gasteiger partial charge is 0.244 e. The van der Waals surface area contributed by atoms with Crippen molar-refractivity contribution in [3.63, 3.8) is 0 Å². The molecule has 6 rings (SSSR count). The Hall–Kier alpha value is -7.40. The first-order valence-electron chi connectivity index (χ1n) is 25.5. The van der Waals surface area contributed by atoms with Crippen LogP contribution in [0.2, 0.25) is 0 Å². The van der Waals surface area contributed by atoms with Crippen LogP contribution in [0, 0.1) is 5.92 Å². The molecule has 1 fully saturated rings. The third-order valence-corrected chi connectivity index (χ3v) is 15.4. The number of fused-ring (bicyclic) bond motifs is 1. The molecule has 8 amide bonds.